The van der Waals surface area contributed by atoms with Crippen LogP contribution in [0.25, 0.3) is 0 Å². The molecule has 0 spiro atoms. The molecule has 21 heavy (non-hydrogen) atoms. The quantitative estimate of drug-likeness (QED) is 0.638. The van der Waals surface area contributed by atoms with E-state index >= 15 is 0 Å². The Morgan fingerprint density at radius 1 is 1.33 bits per heavy atom. The molecule has 3 N–H and O–H groups in total. The highest BCUT2D eigenvalue weighted by Gasteiger charge is 2.34. The second-order valence-corrected chi connectivity index (χ2v) is 5.84. The molecule has 3 nitrogen and oxygen atoms in total. The molecule has 1 aromatic carbocycles. The molecule has 0 aliphatic heterocycles. The number of ketones is 1. The maximum absolute atomic E-state index is 12.8. The molecule has 0 unspecified atom stereocenters. The number of hydrogen-bond acceptors (Lipinski definition) is 3. The Labute approximate surface area is 126 Å². The maximum atomic E-state index is 12.8. The van der Waals surface area contributed by atoms with Gasteiger partial charge >= 0.3 is 6.18 Å². The molecule has 0 saturated heterocycles. The Kier molecular flexibility index (Phi) is 5.28. The summed E-state index contributed by atoms with van der Waals surface area (Å²) in [6.07, 6.45) is -3.88. The first-order valence-corrected chi connectivity index (χ1v) is 6.80. The fourth-order valence-electron chi connectivity index (χ4n) is 1.56. The number of alkyl halides is 3. The Balaban J connectivity index is 3.04. The Bertz CT molecular complexity index is 542. The van der Waals surface area contributed by atoms with Crippen molar-refractivity contribution < 1.29 is 18.0 Å². The van der Waals surface area contributed by atoms with Crippen LogP contribution in [0.5, 0.6) is 0 Å². The van der Waals surface area contributed by atoms with Crippen LogP contribution in [-0.2, 0) is 6.18 Å². The molecule has 1 rings (SSSR count). The van der Waals surface area contributed by atoms with Crippen LogP contribution in [0.2, 0.25) is 5.02 Å². The largest absolute Gasteiger partial charge is 0.418 e. The minimum absolute atomic E-state index is 0.0710. The molecule has 1 aromatic rings. The summed E-state index contributed by atoms with van der Waals surface area (Å²) in [6.45, 7) is 5.67. The molecule has 0 aliphatic rings. The molecule has 0 bridgehead atoms. The summed E-state index contributed by atoms with van der Waals surface area (Å²) < 4.78 is 38.5. The van der Waals surface area contributed by atoms with E-state index < -0.39 is 23.2 Å². The van der Waals surface area contributed by atoms with E-state index in [1.807, 2.05) is 20.8 Å². The summed E-state index contributed by atoms with van der Waals surface area (Å²) >= 11 is 5.69. The van der Waals surface area contributed by atoms with Crippen molar-refractivity contribution in [2.45, 2.75) is 38.9 Å². The van der Waals surface area contributed by atoms with Gasteiger partial charge in [-0.2, -0.15) is 13.2 Å². The van der Waals surface area contributed by atoms with Gasteiger partial charge in [-0.25, -0.2) is 0 Å². The zero-order chi connectivity index (χ0) is 16.4. The summed E-state index contributed by atoms with van der Waals surface area (Å²) in [5.74, 6) is -0.469. The lowest BCUT2D eigenvalue weighted by molar-refractivity contribution is -0.136. The van der Waals surface area contributed by atoms with Gasteiger partial charge in [0.05, 0.1) is 22.8 Å². The van der Waals surface area contributed by atoms with Crippen LogP contribution in [0.15, 0.2) is 12.1 Å². The van der Waals surface area contributed by atoms with Crippen molar-refractivity contribution in [2.75, 3.05) is 12.3 Å². The highest BCUT2D eigenvalue weighted by molar-refractivity contribution is 6.33. The van der Waals surface area contributed by atoms with Crippen LogP contribution in [0.1, 0.15) is 43.1 Å². The number of benzene rings is 1. The lowest BCUT2D eigenvalue weighted by atomic mass is 10.0. The van der Waals surface area contributed by atoms with E-state index in [2.05, 4.69) is 5.32 Å². The summed E-state index contributed by atoms with van der Waals surface area (Å²) in [5.41, 5.74) is 3.28. The number of rotatable bonds is 5. The molecule has 0 heterocycles. The Morgan fingerprint density at radius 3 is 2.38 bits per heavy atom. The second-order valence-electron chi connectivity index (χ2n) is 5.43. The van der Waals surface area contributed by atoms with E-state index in [0.29, 0.717) is 0 Å². The molecule has 0 aromatic heterocycles. The molecular weight excluding hydrogens is 305 g/mol. The molecular formula is C14H18ClF3N2O. The van der Waals surface area contributed by atoms with Crippen molar-refractivity contribution in [2.24, 2.45) is 0 Å². The van der Waals surface area contributed by atoms with Gasteiger partial charge in [-0.15, -0.1) is 0 Å². The van der Waals surface area contributed by atoms with E-state index in [4.69, 9.17) is 17.3 Å². The van der Waals surface area contributed by atoms with Crippen LogP contribution in [0.4, 0.5) is 18.9 Å². The molecule has 118 valence electrons. The first kappa shape index (κ1) is 17.8. The number of nitrogens with one attached hydrogen (secondary N) is 1. The number of carbonyl (C=O) groups is 1. The number of nitrogen functional groups attached to an aromatic ring is 1. The lowest BCUT2D eigenvalue weighted by Gasteiger charge is -2.24. The van der Waals surface area contributed by atoms with E-state index in [9.17, 15) is 18.0 Å². The standard InChI is InChI=1S/C14H18ClF3N2O/c1-4-13(2,3)20-7-11(21)8-5-9(14(16,17)18)12(19)10(15)6-8/h5-6,20H,4,7,19H2,1-3H3. The van der Waals surface area contributed by atoms with Gasteiger partial charge in [0.15, 0.2) is 5.78 Å². The molecule has 0 atom stereocenters. The first-order chi connectivity index (χ1) is 9.48. The number of halogens is 4. The smallest absolute Gasteiger partial charge is 0.397 e. The fraction of sp³-hybridized carbons (Fsp3) is 0.500. The minimum atomic E-state index is -4.65. The van der Waals surface area contributed by atoms with Crippen molar-refractivity contribution in [3.05, 3.63) is 28.3 Å². The van der Waals surface area contributed by atoms with E-state index in [-0.39, 0.29) is 22.7 Å². The van der Waals surface area contributed by atoms with Crippen LogP contribution in [0.3, 0.4) is 0 Å². The fourth-order valence-corrected chi connectivity index (χ4v) is 1.78. The van der Waals surface area contributed by atoms with Crippen LogP contribution in [-0.4, -0.2) is 17.9 Å². The Morgan fingerprint density at radius 2 is 1.90 bits per heavy atom. The van der Waals surface area contributed by atoms with Gasteiger partial charge in [0.2, 0.25) is 0 Å². The molecule has 7 heteroatoms. The zero-order valence-corrected chi connectivity index (χ0v) is 12.8. The Hall–Kier alpha value is -1.27. The highest BCUT2D eigenvalue weighted by Crippen LogP contribution is 2.37. The maximum Gasteiger partial charge on any atom is 0.418 e. The number of Topliss-reactive ketones (excluding diaryl/α,β-unsaturated/α-hetero) is 1. The monoisotopic (exact) mass is 322 g/mol. The van der Waals surface area contributed by atoms with Gasteiger partial charge in [-0.3, -0.25) is 4.79 Å². The van der Waals surface area contributed by atoms with Crippen molar-refractivity contribution in [1.29, 1.82) is 0 Å². The summed E-state index contributed by atoms with van der Waals surface area (Å²) in [5, 5.41) is 2.72. The van der Waals surface area contributed by atoms with E-state index in [0.717, 1.165) is 18.6 Å². The summed E-state index contributed by atoms with van der Waals surface area (Å²) in [7, 11) is 0. The SMILES string of the molecule is CCC(C)(C)NCC(=O)c1cc(Cl)c(N)c(C(F)(F)F)c1. The number of anilines is 1. The molecule has 0 saturated carbocycles. The average Bonchev–Trinajstić information content (AvgIpc) is 2.37. The number of carbonyl (C=O) groups excluding carboxylic acids is 1. The minimum Gasteiger partial charge on any atom is -0.397 e. The normalized spacial score (nSPS) is 12.5. The zero-order valence-electron chi connectivity index (χ0n) is 12.1. The van der Waals surface area contributed by atoms with Crippen molar-refractivity contribution in [3.8, 4) is 0 Å². The van der Waals surface area contributed by atoms with Crippen LogP contribution < -0.4 is 11.1 Å². The topological polar surface area (TPSA) is 55.1 Å². The molecule has 0 fully saturated rings. The van der Waals surface area contributed by atoms with Gasteiger partial charge in [-0.05, 0) is 32.4 Å². The first-order valence-electron chi connectivity index (χ1n) is 6.42. The van der Waals surface area contributed by atoms with Crippen molar-refractivity contribution in [3.63, 3.8) is 0 Å². The third-order valence-electron chi connectivity index (χ3n) is 3.37. The van der Waals surface area contributed by atoms with Gasteiger partial charge in [-0.1, -0.05) is 18.5 Å². The molecule has 0 radical (unpaired) electrons. The number of nitrogens with two attached hydrogens (primary N) is 1. The second kappa shape index (κ2) is 6.23. The van der Waals surface area contributed by atoms with Crippen molar-refractivity contribution in [1.82, 2.24) is 5.32 Å². The van der Waals surface area contributed by atoms with Crippen LogP contribution in [0, 0.1) is 0 Å². The van der Waals surface area contributed by atoms with E-state index in [1.165, 1.54) is 0 Å². The van der Waals surface area contributed by atoms with Crippen LogP contribution >= 0.6 is 11.6 Å². The molecule has 0 amide bonds. The van der Waals surface area contributed by atoms with Crippen molar-refractivity contribution >= 4 is 23.1 Å². The number of hydrogen-bond donors (Lipinski definition) is 2. The van der Waals surface area contributed by atoms with Gasteiger partial charge in [0, 0.05) is 11.1 Å². The highest BCUT2D eigenvalue weighted by atomic mass is 35.5. The third kappa shape index (κ3) is 4.61. The molecule has 0 aliphatic carbocycles. The summed E-state index contributed by atoms with van der Waals surface area (Å²) in [6, 6.07) is 1.90. The van der Waals surface area contributed by atoms with E-state index in [1.54, 1.807) is 0 Å². The van der Waals surface area contributed by atoms with Gasteiger partial charge in [0.1, 0.15) is 0 Å². The average molecular weight is 323 g/mol. The van der Waals surface area contributed by atoms with Gasteiger partial charge < -0.3 is 11.1 Å². The third-order valence-corrected chi connectivity index (χ3v) is 3.68. The lowest BCUT2D eigenvalue weighted by Crippen LogP contribution is -2.41. The predicted octanol–water partition coefficient (Wildman–Crippen LogP) is 3.90. The van der Waals surface area contributed by atoms with Gasteiger partial charge in [0.25, 0.3) is 0 Å². The predicted molar refractivity (Wildman–Crippen MR) is 77.6 cm³/mol. The summed E-state index contributed by atoms with van der Waals surface area (Å²) in [4.78, 5) is 12.0.